The van der Waals surface area contributed by atoms with Gasteiger partial charge in [-0.1, -0.05) is 18.2 Å². The van der Waals surface area contributed by atoms with Gasteiger partial charge in [0.2, 0.25) is 0 Å². The van der Waals surface area contributed by atoms with Crippen molar-refractivity contribution in [2.24, 2.45) is 0 Å². The summed E-state index contributed by atoms with van der Waals surface area (Å²) in [5.41, 5.74) is 1.02. The number of anilines is 1. The van der Waals surface area contributed by atoms with E-state index < -0.39 is 5.97 Å². The monoisotopic (exact) mass is 291 g/mol. The molecule has 0 bridgehead atoms. The van der Waals surface area contributed by atoms with Crippen molar-refractivity contribution in [3.8, 4) is 0 Å². The molecule has 1 aromatic heterocycles. The number of fused-ring (bicyclic) bond motifs is 1. The average Bonchev–Trinajstić information content (AvgIpc) is 2.50. The lowest BCUT2D eigenvalue weighted by Gasteiger charge is -2.11. The van der Waals surface area contributed by atoms with Crippen LogP contribution in [0.25, 0.3) is 10.9 Å². The van der Waals surface area contributed by atoms with Gasteiger partial charge < -0.3 is 20.3 Å². The highest BCUT2D eigenvalue weighted by Crippen LogP contribution is 2.24. The Morgan fingerprint density at radius 3 is 2.81 bits per heavy atom. The molecule has 2 aromatic rings. The van der Waals surface area contributed by atoms with Crippen molar-refractivity contribution in [3.05, 3.63) is 30.0 Å². The highest BCUT2D eigenvalue weighted by molar-refractivity contribution is 6.02. The van der Waals surface area contributed by atoms with Crippen LogP contribution in [0.15, 0.2) is 24.3 Å². The number of carbonyl (C=O) groups is 1. The Bertz CT molecular complexity index is 618. The Kier molecular flexibility index (Phi) is 5.42. The van der Waals surface area contributed by atoms with E-state index in [-0.39, 0.29) is 12.3 Å². The van der Waals surface area contributed by atoms with Crippen molar-refractivity contribution >= 4 is 22.6 Å². The molecule has 0 saturated carbocycles. The van der Waals surface area contributed by atoms with Gasteiger partial charge in [-0.05, 0) is 12.5 Å². The number of ether oxygens (including phenoxy) is 1. The average molecular weight is 291 g/mol. The molecule has 21 heavy (non-hydrogen) atoms. The van der Waals surface area contributed by atoms with E-state index in [0.29, 0.717) is 37.4 Å². The Balaban J connectivity index is 2.12. The zero-order valence-corrected chi connectivity index (χ0v) is 11.5. The van der Waals surface area contributed by atoms with Gasteiger partial charge in [0, 0.05) is 18.5 Å². The third-order valence-electron chi connectivity index (χ3n) is 2.87. The summed E-state index contributed by atoms with van der Waals surface area (Å²) in [4.78, 5) is 11.2. The van der Waals surface area contributed by atoms with Crippen LogP contribution in [0.3, 0.4) is 0 Å². The summed E-state index contributed by atoms with van der Waals surface area (Å²) in [6, 6.07) is 7.24. The minimum absolute atomic E-state index is 0.00446. The van der Waals surface area contributed by atoms with E-state index in [0.717, 1.165) is 5.39 Å². The topological polar surface area (TPSA) is 105 Å². The van der Waals surface area contributed by atoms with Gasteiger partial charge in [-0.15, -0.1) is 10.2 Å². The summed E-state index contributed by atoms with van der Waals surface area (Å²) in [5, 5.41) is 29.3. The van der Waals surface area contributed by atoms with Crippen LogP contribution in [0, 0.1) is 0 Å². The van der Waals surface area contributed by atoms with E-state index >= 15 is 0 Å². The van der Waals surface area contributed by atoms with Crippen LogP contribution in [0.5, 0.6) is 0 Å². The molecule has 1 aromatic carbocycles. The zero-order chi connectivity index (χ0) is 15.1. The number of hydrogen-bond donors (Lipinski definition) is 3. The fourth-order valence-electron chi connectivity index (χ4n) is 1.94. The Labute approximate surface area is 121 Å². The zero-order valence-electron chi connectivity index (χ0n) is 11.5. The summed E-state index contributed by atoms with van der Waals surface area (Å²) in [7, 11) is 0. The molecule has 0 spiro atoms. The van der Waals surface area contributed by atoms with E-state index in [9.17, 15) is 9.90 Å². The van der Waals surface area contributed by atoms with Gasteiger partial charge in [0.25, 0.3) is 0 Å². The van der Waals surface area contributed by atoms with Crippen molar-refractivity contribution in [1.29, 1.82) is 0 Å². The van der Waals surface area contributed by atoms with Gasteiger partial charge in [0.15, 0.2) is 5.69 Å². The molecule has 0 fully saturated rings. The molecule has 0 aliphatic rings. The molecule has 0 aliphatic carbocycles. The lowest BCUT2D eigenvalue weighted by molar-refractivity contribution is 0.0690. The molecule has 1 heterocycles. The van der Waals surface area contributed by atoms with Crippen LogP contribution in [0.2, 0.25) is 0 Å². The highest BCUT2D eigenvalue weighted by Gasteiger charge is 2.15. The van der Waals surface area contributed by atoms with E-state index in [1.165, 1.54) is 0 Å². The van der Waals surface area contributed by atoms with Crippen LogP contribution in [0.4, 0.5) is 5.69 Å². The standard InChI is InChI=1S/C14H17N3O4/c18-7-9-21-8-3-6-15-12-10-4-1-2-5-11(10)16-17-13(12)14(19)20/h1-2,4-5,18H,3,6-9H2,(H,15,16)(H,19,20). The minimum atomic E-state index is -1.12. The molecule has 3 N–H and O–H groups in total. The summed E-state index contributed by atoms with van der Waals surface area (Å²) < 4.78 is 5.15. The number of aliphatic hydroxyl groups excluding tert-OH is 1. The van der Waals surface area contributed by atoms with Gasteiger partial charge in [0.1, 0.15) is 0 Å². The lowest BCUT2D eigenvalue weighted by Crippen LogP contribution is -2.13. The molecule has 112 valence electrons. The first-order valence-corrected chi connectivity index (χ1v) is 6.65. The van der Waals surface area contributed by atoms with Gasteiger partial charge in [0.05, 0.1) is 24.4 Å². The molecule has 0 amide bonds. The number of hydrogen-bond acceptors (Lipinski definition) is 6. The molecule has 0 saturated heterocycles. The van der Waals surface area contributed by atoms with Crippen molar-refractivity contribution in [1.82, 2.24) is 10.2 Å². The molecular weight excluding hydrogens is 274 g/mol. The smallest absolute Gasteiger partial charge is 0.358 e. The summed E-state index contributed by atoms with van der Waals surface area (Å²) in [6.45, 7) is 1.34. The Hall–Kier alpha value is -2.25. The number of aromatic nitrogens is 2. The maximum atomic E-state index is 11.2. The minimum Gasteiger partial charge on any atom is -0.476 e. The lowest BCUT2D eigenvalue weighted by atomic mass is 10.1. The second-order valence-electron chi connectivity index (χ2n) is 4.36. The van der Waals surface area contributed by atoms with Crippen molar-refractivity contribution in [3.63, 3.8) is 0 Å². The molecule has 7 heteroatoms. The molecule has 0 unspecified atom stereocenters. The Morgan fingerprint density at radius 1 is 1.24 bits per heavy atom. The molecular formula is C14H17N3O4. The summed E-state index contributed by atoms with van der Waals surface area (Å²) >= 11 is 0. The predicted molar refractivity (Wildman–Crippen MR) is 77.5 cm³/mol. The number of benzene rings is 1. The second kappa shape index (κ2) is 7.51. The van der Waals surface area contributed by atoms with E-state index in [2.05, 4.69) is 15.5 Å². The third-order valence-corrected chi connectivity index (χ3v) is 2.87. The number of carboxylic acids is 1. The van der Waals surface area contributed by atoms with E-state index in [1.807, 2.05) is 12.1 Å². The number of aliphatic hydroxyl groups is 1. The maximum absolute atomic E-state index is 11.2. The first-order chi connectivity index (χ1) is 10.2. The SMILES string of the molecule is O=C(O)c1nnc2ccccc2c1NCCCOCCO. The van der Waals surface area contributed by atoms with Gasteiger partial charge >= 0.3 is 5.97 Å². The molecule has 2 rings (SSSR count). The van der Waals surface area contributed by atoms with Gasteiger partial charge in [-0.2, -0.15) is 0 Å². The second-order valence-corrected chi connectivity index (χ2v) is 4.36. The van der Waals surface area contributed by atoms with Gasteiger partial charge in [-0.3, -0.25) is 0 Å². The fraction of sp³-hybridized carbons (Fsp3) is 0.357. The van der Waals surface area contributed by atoms with E-state index in [1.54, 1.807) is 12.1 Å². The van der Waals surface area contributed by atoms with Crippen molar-refractivity contribution < 1.29 is 19.7 Å². The van der Waals surface area contributed by atoms with Crippen molar-refractivity contribution in [2.45, 2.75) is 6.42 Å². The normalized spacial score (nSPS) is 10.7. The molecule has 0 aliphatic heterocycles. The summed E-state index contributed by atoms with van der Waals surface area (Å²) in [6.07, 6.45) is 0.690. The van der Waals surface area contributed by atoms with Crippen LogP contribution >= 0.6 is 0 Å². The Morgan fingerprint density at radius 2 is 2.05 bits per heavy atom. The number of carboxylic acid groups (broad SMARTS) is 1. The van der Waals surface area contributed by atoms with Crippen LogP contribution < -0.4 is 5.32 Å². The molecule has 0 atom stereocenters. The first kappa shape index (κ1) is 15.1. The van der Waals surface area contributed by atoms with E-state index in [4.69, 9.17) is 9.84 Å². The predicted octanol–water partition coefficient (Wildman–Crippen LogP) is 1.14. The summed E-state index contributed by atoms with van der Waals surface area (Å²) in [5.74, 6) is -1.12. The number of nitrogens with one attached hydrogen (secondary N) is 1. The number of nitrogens with zero attached hydrogens (tertiary/aromatic N) is 2. The van der Waals surface area contributed by atoms with Crippen LogP contribution in [-0.4, -0.2) is 52.7 Å². The van der Waals surface area contributed by atoms with Crippen LogP contribution in [0.1, 0.15) is 16.9 Å². The highest BCUT2D eigenvalue weighted by atomic mass is 16.5. The quantitative estimate of drug-likeness (QED) is 0.626. The fourth-order valence-corrected chi connectivity index (χ4v) is 1.94. The van der Waals surface area contributed by atoms with Crippen LogP contribution in [-0.2, 0) is 4.74 Å². The number of aromatic carboxylic acids is 1. The molecule has 0 radical (unpaired) electrons. The molecule has 7 nitrogen and oxygen atoms in total. The number of rotatable bonds is 8. The first-order valence-electron chi connectivity index (χ1n) is 6.65. The largest absolute Gasteiger partial charge is 0.476 e. The van der Waals surface area contributed by atoms with Gasteiger partial charge in [-0.25, -0.2) is 4.79 Å². The maximum Gasteiger partial charge on any atom is 0.358 e. The third kappa shape index (κ3) is 3.87. The van der Waals surface area contributed by atoms with Crippen molar-refractivity contribution in [2.75, 3.05) is 31.7 Å².